The van der Waals surface area contributed by atoms with Crippen LogP contribution in [-0.4, -0.2) is 12.8 Å². The number of rotatable bonds is 5. The van der Waals surface area contributed by atoms with E-state index in [0.29, 0.717) is 10.8 Å². The maximum Gasteiger partial charge on any atom is 0.220 e. The Morgan fingerprint density at radius 3 is 1.75 bits per heavy atom. The molecule has 0 unspecified atom stereocenters. The Morgan fingerprint density at radius 2 is 1.62 bits per heavy atom. The van der Waals surface area contributed by atoms with Gasteiger partial charge in [0.05, 0.1) is 0 Å². The van der Waals surface area contributed by atoms with Crippen LogP contribution in [0.4, 0.5) is 0 Å². The molecule has 90 valence electrons. The molecular formula is C14H23NO. The summed E-state index contributed by atoms with van der Waals surface area (Å²) in [6, 6.07) is 0. The van der Waals surface area contributed by atoms with Crippen molar-refractivity contribution < 1.29 is 4.79 Å². The third kappa shape index (κ3) is 3.63. The van der Waals surface area contributed by atoms with Crippen LogP contribution in [0.3, 0.4) is 0 Å². The van der Waals surface area contributed by atoms with E-state index in [1.54, 1.807) is 0 Å². The zero-order valence-corrected chi connectivity index (χ0v) is 10.6. The summed E-state index contributed by atoms with van der Waals surface area (Å²) < 4.78 is 0. The van der Waals surface area contributed by atoms with E-state index < -0.39 is 0 Å². The Kier molecular flexibility index (Phi) is 4.53. The van der Waals surface area contributed by atoms with Gasteiger partial charge in [0.15, 0.2) is 0 Å². The summed E-state index contributed by atoms with van der Waals surface area (Å²) in [5.74, 6) is 0. The highest BCUT2D eigenvalue weighted by molar-refractivity contribution is 5.51. The SMILES string of the molecule is CCC1(CC=O)CC1.[C-]#[N+]CC1(CC)CC1. The molecule has 16 heavy (non-hydrogen) atoms. The lowest BCUT2D eigenvalue weighted by atomic mass is 10.0. The minimum absolute atomic E-state index is 0.474. The predicted molar refractivity (Wildman–Crippen MR) is 66.1 cm³/mol. The summed E-state index contributed by atoms with van der Waals surface area (Å²) >= 11 is 0. The molecule has 0 atom stereocenters. The van der Waals surface area contributed by atoms with E-state index in [1.165, 1.54) is 38.5 Å². The van der Waals surface area contributed by atoms with Gasteiger partial charge < -0.3 is 9.64 Å². The highest BCUT2D eigenvalue weighted by atomic mass is 16.1. The van der Waals surface area contributed by atoms with Crippen molar-refractivity contribution in [2.24, 2.45) is 10.8 Å². The van der Waals surface area contributed by atoms with Crippen molar-refractivity contribution in [2.75, 3.05) is 6.54 Å². The Balaban J connectivity index is 0.000000160. The molecule has 2 fully saturated rings. The number of hydrogen-bond acceptors (Lipinski definition) is 1. The number of carbonyl (C=O) groups is 1. The second-order valence-corrected chi connectivity index (χ2v) is 5.39. The van der Waals surface area contributed by atoms with E-state index in [0.717, 1.165) is 19.3 Å². The molecule has 0 bridgehead atoms. The second kappa shape index (κ2) is 5.48. The van der Waals surface area contributed by atoms with E-state index in [9.17, 15) is 4.79 Å². The van der Waals surface area contributed by atoms with E-state index in [4.69, 9.17) is 6.57 Å². The molecule has 0 aromatic carbocycles. The number of hydrogen-bond donors (Lipinski definition) is 0. The van der Waals surface area contributed by atoms with Gasteiger partial charge >= 0.3 is 0 Å². The van der Waals surface area contributed by atoms with Crippen LogP contribution in [0.1, 0.15) is 58.8 Å². The first-order valence-electron chi connectivity index (χ1n) is 6.43. The minimum Gasteiger partial charge on any atom is -0.316 e. The van der Waals surface area contributed by atoms with Crippen LogP contribution in [-0.2, 0) is 4.79 Å². The molecule has 2 saturated carbocycles. The zero-order chi connectivity index (χ0) is 12.1. The molecule has 0 N–H and O–H groups in total. The molecule has 2 rings (SSSR count). The average molecular weight is 221 g/mol. The molecule has 0 radical (unpaired) electrons. The molecule has 0 aromatic rings. The highest BCUT2D eigenvalue weighted by Crippen LogP contribution is 2.50. The first kappa shape index (κ1) is 13.2. The fourth-order valence-electron chi connectivity index (χ4n) is 2.02. The van der Waals surface area contributed by atoms with E-state index in [-0.39, 0.29) is 0 Å². The number of carbonyl (C=O) groups excluding carboxylic acids is 1. The molecule has 0 amide bonds. The molecule has 0 aromatic heterocycles. The molecule has 2 aliphatic carbocycles. The minimum atomic E-state index is 0.474. The van der Waals surface area contributed by atoms with Crippen LogP contribution in [0.15, 0.2) is 0 Å². The van der Waals surface area contributed by atoms with Gasteiger partial charge in [-0.1, -0.05) is 20.3 Å². The summed E-state index contributed by atoms with van der Waals surface area (Å²) in [4.78, 5) is 13.4. The van der Waals surface area contributed by atoms with Gasteiger partial charge in [0, 0.05) is 11.8 Å². The Morgan fingerprint density at radius 1 is 1.12 bits per heavy atom. The predicted octanol–water partition coefficient (Wildman–Crippen LogP) is 3.86. The van der Waals surface area contributed by atoms with Crippen molar-refractivity contribution >= 4 is 6.29 Å². The first-order valence-corrected chi connectivity index (χ1v) is 6.43. The number of nitrogens with zero attached hydrogens (tertiary/aromatic N) is 1. The van der Waals surface area contributed by atoms with Crippen LogP contribution < -0.4 is 0 Å². The Bertz CT molecular complexity index is 269. The van der Waals surface area contributed by atoms with Gasteiger partial charge in [-0.15, -0.1) is 0 Å². The van der Waals surface area contributed by atoms with E-state index >= 15 is 0 Å². The molecule has 0 saturated heterocycles. The standard InChI is InChI=1S/C7H11N.C7H12O/c1-3-7(4-5-7)6-8-2;1-2-7(3-4-7)5-6-8/h3-6H2,1H3;6H,2-5H2,1H3. The summed E-state index contributed by atoms with van der Waals surface area (Å²) in [5.41, 5.74) is 0.962. The van der Waals surface area contributed by atoms with Crippen molar-refractivity contribution in [3.63, 3.8) is 0 Å². The van der Waals surface area contributed by atoms with Crippen LogP contribution >= 0.6 is 0 Å². The quantitative estimate of drug-likeness (QED) is 0.510. The highest BCUT2D eigenvalue weighted by Gasteiger charge is 2.43. The van der Waals surface area contributed by atoms with Crippen LogP contribution in [0.2, 0.25) is 0 Å². The topological polar surface area (TPSA) is 21.4 Å². The van der Waals surface area contributed by atoms with Crippen molar-refractivity contribution in [3.8, 4) is 0 Å². The van der Waals surface area contributed by atoms with Gasteiger partial charge in [-0.05, 0) is 37.5 Å². The van der Waals surface area contributed by atoms with Crippen molar-refractivity contribution in [1.82, 2.24) is 0 Å². The third-order valence-corrected chi connectivity index (χ3v) is 4.35. The monoisotopic (exact) mass is 221 g/mol. The summed E-state index contributed by atoms with van der Waals surface area (Å²) in [6.45, 7) is 11.7. The smallest absolute Gasteiger partial charge is 0.220 e. The molecule has 0 spiro atoms. The fraction of sp³-hybridized carbons (Fsp3) is 0.857. The van der Waals surface area contributed by atoms with Gasteiger partial charge in [-0.25, -0.2) is 6.57 Å². The molecule has 0 aliphatic heterocycles. The molecular weight excluding hydrogens is 198 g/mol. The lowest BCUT2D eigenvalue weighted by molar-refractivity contribution is -0.108. The van der Waals surface area contributed by atoms with Gasteiger partial charge in [-0.2, -0.15) is 0 Å². The van der Waals surface area contributed by atoms with Crippen molar-refractivity contribution in [1.29, 1.82) is 0 Å². The normalized spacial score (nSPS) is 22.3. The van der Waals surface area contributed by atoms with E-state index in [1.807, 2.05) is 0 Å². The van der Waals surface area contributed by atoms with Crippen LogP contribution in [0.5, 0.6) is 0 Å². The van der Waals surface area contributed by atoms with Crippen LogP contribution in [0, 0.1) is 17.4 Å². The van der Waals surface area contributed by atoms with Gasteiger partial charge in [0.25, 0.3) is 0 Å². The average Bonchev–Trinajstić information content (AvgIpc) is 3.18. The van der Waals surface area contributed by atoms with Gasteiger partial charge in [-0.3, -0.25) is 0 Å². The maximum atomic E-state index is 10.0. The van der Waals surface area contributed by atoms with Crippen molar-refractivity contribution in [2.45, 2.75) is 58.8 Å². The number of aldehydes is 1. The second-order valence-electron chi connectivity index (χ2n) is 5.39. The molecule has 2 nitrogen and oxygen atoms in total. The third-order valence-electron chi connectivity index (χ3n) is 4.35. The van der Waals surface area contributed by atoms with Gasteiger partial charge in [0.2, 0.25) is 6.54 Å². The fourth-order valence-corrected chi connectivity index (χ4v) is 2.02. The zero-order valence-electron chi connectivity index (χ0n) is 10.6. The summed E-state index contributed by atoms with van der Waals surface area (Å²) in [6.07, 6.45) is 9.39. The summed E-state index contributed by atoms with van der Waals surface area (Å²) in [7, 11) is 0. The van der Waals surface area contributed by atoms with Crippen LogP contribution in [0.25, 0.3) is 4.85 Å². The Labute approximate surface area is 99.2 Å². The Hall–Kier alpha value is -0.840. The molecule has 2 aliphatic rings. The summed E-state index contributed by atoms with van der Waals surface area (Å²) in [5, 5.41) is 0. The lowest BCUT2D eigenvalue weighted by Crippen LogP contribution is -1.99. The lowest BCUT2D eigenvalue weighted by Gasteiger charge is -2.03. The first-order chi connectivity index (χ1) is 7.66. The largest absolute Gasteiger partial charge is 0.316 e. The van der Waals surface area contributed by atoms with Gasteiger partial charge in [0.1, 0.15) is 6.29 Å². The molecule has 0 heterocycles. The van der Waals surface area contributed by atoms with Crippen molar-refractivity contribution in [3.05, 3.63) is 11.4 Å². The van der Waals surface area contributed by atoms with E-state index in [2.05, 4.69) is 18.7 Å². The molecule has 2 heteroatoms. The maximum absolute atomic E-state index is 10.0.